The molecule has 0 aliphatic heterocycles. The highest BCUT2D eigenvalue weighted by molar-refractivity contribution is 9.10. The van der Waals surface area contributed by atoms with Gasteiger partial charge in [0.25, 0.3) is 5.56 Å². The Labute approximate surface area is 185 Å². The lowest BCUT2D eigenvalue weighted by atomic mass is 10.2. The van der Waals surface area contributed by atoms with Gasteiger partial charge in [-0.15, -0.1) is 0 Å². The van der Waals surface area contributed by atoms with Crippen molar-refractivity contribution in [1.29, 1.82) is 0 Å². The van der Waals surface area contributed by atoms with Gasteiger partial charge in [0.05, 0.1) is 27.2 Å². The van der Waals surface area contributed by atoms with Crippen molar-refractivity contribution in [2.45, 2.75) is 25.2 Å². The summed E-state index contributed by atoms with van der Waals surface area (Å²) in [5.74, 6) is -0.188. The normalized spacial score (nSPS) is 11.6. The third kappa shape index (κ3) is 4.07. The molecule has 158 valence electrons. The van der Waals surface area contributed by atoms with Crippen LogP contribution in [0.5, 0.6) is 0 Å². The van der Waals surface area contributed by atoms with Gasteiger partial charge in [0.15, 0.2) is 9.84 Å². The lowest BCUT2D eigenvalue weighted by molar-refractivity contribution is 0.198. The van der Waals surface area contributed by atoms with E-state index < -0.39 is 21.5 Å². The standard InChI is InChI=1S/C19H17BrClN3O5S/c1-3-6-30(28,29)16-5-4-12(21)9-15(16)24(19(26)27)23-10-22-17-13(18(23)25)7-11(2)8-14(17)20/h4-5,7-10H,3,6H2,1-2H3,(H,26,27). The summed E-state index contributed by atoms with van der Waals surface area (Å²) in [5.41, 5.74) is 0.197. The minimum atomic E-state index is -3.82. The van der Waals surface area contributed by atoms with E-state index in [0.29, 0.717) is 21.4 Å². The summed E-state index contributed by atoms with van der Waals surface area (Å²) in [6.07, 6.45) is -0.196. The van der Waals surface area contributed by atoms with Crippen LogP contribution in [0.15, 0.2) is 50.8 Å². The molecule has 0 fully saturated rings. The van der Waals surface area contributed by atoms with E-state index in [1.54, 1.807) is 26.0 Å². The van der Waals surface area contributed by atoms with Crippen LogP contribution in [0.25, 0.3) is 10.9 Å². The fraction of sp³-hybridized carbons (Fsp3) is 0.211. The van der Waals surface area contributed by atoms with Crippen molar-refractivity contribution >= 4 is 60.1 Å². The van der Waals surface area contributed by atoms with E-state index in [4.69, 9.17) is 11.6 Å². The third-order valence-electron chi connectivity index (χ3n) is 4.30. The molecule has 1 amide bonds. The number of rotatable bonds is 5. The van der Waals surface area contributed by atoms with E-state index >= 15 is 0 Å². The van der Waals surface area contributed by atoms with Crippen LogP contribution in [0.3, 0.4) is 0 Å². The number of aromatic nitrogens is 2. The second-order valence-corrected chi connectivity index (χ2v) is 9.93. The SMILES string of the molecule is CCCS(=O)(=O)c1ccc(Cl)cc1N(C(=O)O)n1cnc2c(Br)cc(C)cc2c1=O. The van der Waals surface area contributed by atoms with Gasteiger partial charge in [0, 0.05) is 9.50 Å². The first kappa shape index (κ1) is 22.3. The van der Waals surface area contributed by atoms with Gasteiger partial charge in [-0.3, -0.25) is 4.79 Å². The van der Waals surface area contributed by atoms with Crippen LogP contribution >= 0.6 is 27.5 Å². The predicted octanol–water partition coefficient (Wildman–Crippen LogP) is 4.25. The molecule has 2 aromatic carbocycles. The Morgan fingerprint density at radius 2 is 2.00 bits per heavy atom. The average Bonchev–Trinajstić information content (AvgIpc) is 2.64. The number of halogens is 2. The smallest absolute Gasteiger partial charge is 0.431 e. The van der Waals surface area contributed by atoms with Gasteiger partial charge in [-0.1, -0.05) is 18.5 Å². The minimum absolute atomic E-state index is 0.118. The van der Waals surface area contributed by atoms with E-state index in [1.165, 1.54) is 18.2 Å². The molecule has 1 heterocycles. The van der Waals surface area contributed by atoms with Crippen LogP contribution in [0.1, 0.15) is 18.9 Å². The van der Waals surface area contributed by atoms with E-state index in [0.717, 1.165) is 16.6 Å². The second kappa shape index (κ2) is 8.37. The maximum Gasteiger partial charge on any atom is 0.431 e. The third-order valence-corrected chi connectivity index (χ3v) is 7.10. The Morgan fingerprint density at radius 3 is 2.63 bits per heavy atom. The Balaban J connectivity index is 2.35. The number of carboxylic acid groups (broad SMARTS) is 1. The lowest BCUT2D eigenvalue weighted by Gasteiger charge is -2.23. The number of fused-ring (bicyclic) bond motifs is 1. The van der Waals surface area contributed by atoms with Crippen LogP contribution in [0.2, 0.25) is 5.02 Å². The number of aryl methyl sites for hydroxylation is 1. The van der Waals surface area contributed by atoms with E-state index in [9.17, 15) is 23.1 Å². The number of amides is 1. The number of benzene rings is 2. The minimum Gasteiger partial charge on any atom is -0.463 e. The van der Waals surface area contributed by atoms with Gasteiger partial charge >= 0.3 is 6.09 Å². The Kier molecular flexibility index (Phi) is 6.21. The first-order valence-electron chi connectivity index (χ1n) is 8.80. The molecule has 0 saturated heterocycles. The van der Waals surface area contributed by atoms with Crippen molar-refractivity contribution in [3.63, 3.8) is 0 Å². The molecule has 11 heteroatoms. The summed E-state index contributed by atoms with van der Waals surface area (Å²) in [4.78, 5) is 29.2. The summed E-state index contributed by atoms with van der Waals surface area (Å²) in [7, 11) is -3.82. The van der Waals surface area contributed by atoms with Crippen molar-refractivity contribution in [3.05, 3.63) is 62.1 Å². The van der Waals surface area contributed by atoms with Gasteiger partial charge in [-0.2, -0.15) is 9.69 Å². The van der Waals surface area contributed by atoms with Gasteiger partial charge < -0.3 is 5.11 Å². The zero-order valence-electron chi connectivity index (χ0n) is 16.0. The molecular formula is C19H17BrClN3O5S. The number of hydrogen-bond acceptors (Lipinski definition) is 5. The molecule has 3 rings (SSSR count). The highest BCUT2D eigenvalue weighted by Gasteiger charge is 2.28. The van der Waals surface area contributed by atoms with Crippen molar-refractivity contribution in [2.24, 2.45) is 0 Å². The van der Waals surface area contributed by atoms with Gasteiger partial charge in [-0.05, 0) is 65.2 Å². The molecule has 1 aromatic heterocycles. The summed E-state index contributed by atoms with van der Waals surface area (Å²) in [6.45, 7) is 3.47. The van der Waals surface area contributed by atoms with Crippen LogP contribution in [0, 0.1) is 6.92 Å². The van der Waals surface area contributed by atoms with E-state index in [2.05, 4.69) is 20.9 Å². The maximum atomic E-state index is 13.1. The van der Waals surface area contributed by atoms with Crippen molar-refractivity contribution in [1.82, 2.24) is 9.66 Å². The molecule has 1 N–H and O–H groups in total. The van der Waals surface area contributed by atoms with Crippen LogP contribution in [-0.2, 0) is 9.84 Å². The van der Waals surface area contributed by atoms with Crippen molar-refractivity contribution in [2.75, 3.05) is 10.8 Å². The summed E-state index contributed by atoms with van der Waals surface area (Å²) < 4.78 is 26.8. The van der Waals surface area contributed by atoms with Crippen molar-refractivity contribution in [3.8, 4) is 0 Å². The predicted molar refractivity (Wildman–Crippen MR) is 118 cm³/mol. The van der Waals surface area contributed by atoms with Crippen molar-refractivity contribution < 1.29 is 18.3 Å². The summed E-state index contributed by atoms with van der Waals surface area (Å²) >= 11 is 9.38. The Bertz CT molecular complexity index is 1320. The van der Waals surface area contributed by atoms with Crippen LogP contribution in [-0.4, -0.2) is 35.0 Å². The molecule has 0 aliphatic rings. The largest absolute Gasteiger partial charge is 0.463 e. The molecule has 0 saturated carbocycles. The molecule has 0 spiro atoms. The molecular weight excluding hydrogens is 498 g/mol. The second-order valence-electron chi connectivity index (χ2n) is 6.56. The quantitative estimate of drug-likeness (QED) is 0.545. The van der Waals surface area contributed by atoms with Gasteiger partial charge in [0.2, 0.25) is 0 Å². The molecule has 0 bridgehead atoms. The topological polar surface area (TPSA) is 110 Å². The summed E-state index contributed by atoms with van der Waals surface area (Å²) in [6, 6.07) is 7.15. The number of anilines is 1. The zero-order valence-corrected chi connectivity index (χ0v) is 19.1. The molecule has 0 aliphatic carbocycles. The Hall–Kier alpha value is -2.43. The Morgan fingerprint density at radius 1 is 1.30 bits per heavy atom. The number of nitrogens with zero attached hydrogens (tertiary/aromatic N) is 3. The molecule has 0 atom stereocenters. The molecule has 8 nitrogen and oxygen atoms in total. The zero-order chi connectivity index (χ0) is 22.2. The first-order valence-corrected chi connectivity index (χ1v) is 11.6. The van der Waals surface area contributed by atoms with Crippen LogP contribution < -0.4 is 10.6 Å². The van der Waals surface area contributed by atoms with Gasteiger partial charge in [-0.25, -0.2) is 18.2 Å². The highest BCUT2D eigenvalue weighted by Crippen LogP contribution is 2.30. The first-order chi connectivity index (χ1) is 14.1. The molecule has 0 radical (unpaired) electrons. The van der Waals surface area contributed by atoms with E-state index in [1.807, 2.05) is 0 Å². The highest BCUT2D eigenvalue weighted by atomic mass is 79.9. The maximum absolute atomic E-state index is 13.1. The summed E-state index contributed by atoms with van der Waals surface area (Å²) in [5, 5.41) is 10.7. The molecule has 3 aromatic rings. The fourth-order valence-corrected chi connectivity index (χ4v) is 5.41. The average molecular weight is 515 g/mol. The van der Waals surface area contributed by atoms with Crippen LogP contribution in [0.4, 0.5) is 10.5 Å². The molecule has 30 heavy (non-hydrogen) atoms. The molecule has 0 unspecified atom stereocenters. The fourth-order valence-electron chi connectivity index (χ4n) is 3.07. The lowest BCUT2D eigenvalue weighted by Crippen LogP contribution is -2.43. The van der Waals surface area contributed by atoms with Gasteiger partial charge in [0.1, 0.15) is 6.33 Å². The number of carbonyl (C=O) groups is 1. The number of sulfone groups is 1. The van der Waals surface area contributed by atoms with E-state index in [-0.39, 0.29) is 26.7 Å². The number of hydrogen-bond donors (Lipinski definition) is 1. The monoisotopic (exact) mass is 513 g/mol.